The van der Waals surface area contributed by atoms with Gasteiger partial charge in [0, 0.05) is 11.8 Å². The average molecular weight is 490 g/mol. The molecule has 0 amide bonds. The standard InChI is InChI=1S/C33H44FNO/c1-4-6-7-8-9-10-14-27-15-21-32(35-25-27)29-18-16-28(17-19-29)30-20-22-33(31(34)24-30)36-23-12-11-13-26(3)5-2/h15-22,24-26H,4-14,23H2,1-3H3. The molecule has 0 radical (unpaired) electrons. The molecule has 36 heavy (non-hydrogen) atoms. The molecule has 2 aromatic carbocycles. The fraction of sp³-hybridized carbons (Fsp3) is 0.485. The summed E-state index contributed by atoms with van der Waals surface area (Å²) in [4.78, 5) is 4.68. The molecule has 1 heterocycles. The van der Waals surface area contributed by atoms with E-state index in [4.69, 9.17) is 4.74 Å². The summed E-state index contributed by atoms with van der Waals surface area (Å²) >= 11 is 0. The third-order valence-corrected chi connectivity index (χ3v) is 7.14. The van der Waals surface area contributed by atoms with Crippen molar-refractivity contribution >= 4 is 0 Å². The Balaban J connectivity index is 1.50. The molecule has 1 atom stereocenters. The molecule has 0 N–H and O–H groups in total. The summed E-state index contributed by atoms with van der Waals surface area (Å²) in [5.74, 6) is 0.780. The van der Waals surface area contributed by atoms with Crippen LogP contribution in [0.2, 0.25) is 0 Å². The second kappa shape index (κ2) is 15.4. The molecule has 2 nitrogen and oxygen atoms in total. The van der Waals surface area contributed by atoms with E-state index >= 15 is 0 Å². The van der Waals surface area contributed by atoms with E-state index in [2.05, 4.69) is 50.0 Å². The highest BCUT2D eigenvalue weighted by atomic mass is 19.1. The van der Waals surface area contributed by atoms with E-state index in [1.807, 2.05) is 24.4 Å². The van der Waals surface area contributed by atoms with Gasteiger partial charge in [-0.3, -0.25) is 4.98 Å². The van der Waals surface area contributed by atoms with E-state index in [1.54, 1.807) is 12.1 Å². The number of nitrogens with zero attached hydrogens (tertiary/aromatic N) is 1. The van der Waals surface area contributed by atoms with Gasteiger partial charge in [0.1, 0.15) is 0 Å². The summed E-state index contributed by atoms with van der Waals surface area (Å²) in [7, 11) is 0. The fourth-order valence-corrected chi connectivity index (χ4v) is 4.46. The Morgan fingerprint density at radius 2 is 1.50 bits per heavy atom. The highest BCUT2D eigenvalue weighted by molar-refractivity contribution is 5.69. The number of benzene rings is 2. The number of hydrogen-bond donors (Lipinski definition) is 0. The van der Waals surface area contributed by atoms with Gasteiger partial charge in [-0.25, -0.2) is 4.39 Å². The Morgan fingerprint density at radius 1 is 0.778 bits per heavy atom. The Hall–Kier alpha value is -2.68. The topological polar surface area (TPSA) is 22.1 Å². The molecule has 0 aliphatic heterocycles. The van der Waals surface area contributed by atoms with Gasteiger partial charge in [-0.2, -0.15) is 0 Å². The third-order valence-electron chi connectivity index (χ3n) is 7.14. The van der Waals surface area contributed by atoms with E-state index in [0.717, 1.165) is 47.6 Å². The Labute approximate surface area is 218 Å². The number of pyridine rings is 1. The van der Waals surface area contributed by atoms with Crippen molar-refractivity contribution in [1.29, 1.82) is 0 Å². The van der Waals surface area contributed by atoms with Crippen LogP contribution in [0.15, 0.2) is 60.8 Å². The number of aromatic nitrogens is 1. The first-order valence-electron chi connectivity index (χ1n) is 14.1. The Bertz CT molecular complexity index is 1010. The van der Waals surface area contributed by atoms with Crippen molar-refractivity contribution in [1.82, 2.24) is 4.98 Å². The van der Waals surface area contributed by atoms with Crippen molar-refractivity contribution < 1.29 is 9.13 Å². The zero-order valence-electron chi connectivity index (χ0n) is 22.6. The largest absolute Gasteiger partial charge is 0.491 e. The lowest BCUT2D eigenvalue weighted by molar-refractivity contribution is 0.286. The molecule has 0 spiro atoms. The first kappa shape index (κ1) is 27.9. The monoisotopic (exact) mass is 489 g/mol. The van der Waals surface area contributed by atoms with Gasteiger partial charge >= 0.3 is 0 Å². The van der Waals surface area contributed by atoms with Crippen LogP contribution in [0.25, 0.3) is 22.4 Å². The molecule has 0 aliphatic carbocycles. The van der Waals surface area contributed by atoms with Crippen LogP contribution in [-0.2, 0) is 6.42 Å². The van der Waals surface area contributed by atoms with Crippen molar-refractivity contribution in [2.24, 2.45) is 5.92 Å². The van der Waals surface area contributed by atoms with Crippen molar-refractivity contribution in [2.75, 3.05) is 6.61 Å². The predicted octanol–water partition coefficient (Wildman–Crippen LogP) is 10.1. The van der Waals surface area contributed by atoms with Crippen molar-refractivity contribution in [3.8, 4) is 28.1 Å². The maximum atomic E-state index is 14.6. The first-order chi connectivity index (χ1) is 17.6. The van der Waals surface area contributed by atoms with Gasteiger partial charge in [0.25, 0.3) is 0 Å². The van der Waals surface area contributed by atoms with Crippen LogP contribution < -0.4 is 4.74 Å². The Kier molecular flexibility index (Phi) is 12.0. The van der Waals surface area contributed by atoms with Crippen LogP contribution in [0.5, 0.6) is 5.75 Å². The molecule has 194 valence electrons. The highest BCUT2D eigenvalue weighted by Crippen LogP contribution is 2.28. The predicted molar refractivity (Wildman–Crippen MR) is 151 cm³/mol. The van der Waals surface area contributed by atoms with E-state index < -0.39 is 0 Å². The molecular formula is C33H44FNO. The lowest BCUT2D eigenvalue weighted by Crippen LogP contribution is -2.01. The lowest BCUT2D eigenvalue weighted by Gasteiger charge is -2.11. The van der Waals surface area contributed by atoms with Crippen molar-refractivity contribution in [2.45, 2.75) is 91.4 Å². The summed E-state index contributed by atoms with van der Waals surface area (Å²) in [6.45, 7) is 7.31. The molecule has 3 heteroatoms. The summed E-state index contributed by atoms with van der Waals surface area (Å²) in [5, 5.41) is 0. The normalized spacial score (nSPS) is 12.0. The Morgan fingerprint density at radius 3 is 2.19 bits per heavy atom. The van der Waals surface area contributed by atoms with E-state index in [9.17, 15) is 4.39 Å². The molecule has 0 fully saturated rings. The molecule has 0 saturated carbocycles. The molecule has 1 aromatic heterocycles. The molecule has 0 bridgehead atoms. The minimum Gasteiger partial charge on any atom is -0.491 e. The van der Waals surface area contributed by atoms with E-state index in [0.29, 0.717) is 12.4 Å². The van der Waals surface area contributed by atoms with Crippen LogP contribution in [0.3, 0.4) is 0 Å². The molecule has 0 saturated heterocycles. The summed E-state index contributed by atoms with van der Waals surface area (Å²) in [6, 6.07) is 17.7. The van der Waals surface area contributed by atoms with Gasteiger partial charge in [-0.1, -0.05) is 102 Å². The van der Waals surface area contributed by atoms with Crippen LogP contribution >= 0.6 is 0 Å². The number of hydrogen-bond acceptors (Lipinski definition) is 2. The second-order valence-corrected chi connectivity index (χ2v) is 10.1. The van der Waals surface area contributed by atoms with Gasteiger partial charge in [-0.05, 0) is 66.5 Å². The van der Waals surface area contributed by atoms with Gasteiger partial charge < -0.3 is 4.74 Å². The van der Waals surface area contributed by atoms with Gasteiger partial charge in [0.2, 0.25) is 0 Å². The molecule has 0 aliphatic rings. The third kappa shape index (κ3) is 9.08. The van der Waals surface area contributed by atoms with Gasteiger partial charge in [0.15, 0.2) is 11.6 Å². The first-order valence-corrected chi connectivity index (χ1v) is 14.1. The van der Waals surface area contributed by atoms with Gasteiger partial charge in [-0.15, -0.1) is 0 Å². The number of unbranched alkanes of at least 4 members (excludes halogenated alkanes) is 6. The summed E-state index contributed by atoms with van der Waals surface area (Å²) in [6.07, 6.45) is 15.5. The molecule has 3 aromatic rings. The SMILES string of the molecule is CCCCCCCCc1ccc(-c2ccc(-c3ccc(OCCCCC(C)CC)c(F)c3)cc2)nc1. The minimum atomic E-state index is -0.305. The van der Waals surface area contributed by atoms with E-state index in [-0.39, 0.29) is 5.82 Å². The molecule has 1 unspecified atom stereocenters. The van der Waals surface area contributed by atoms with Crippen molar-refractivity contribution in [3.63, 3.8) is 0 Å². The maximum Gasteiger partial charge on any atom is 0.165 e. The minimum absolute atomic E-state index is 0.305. The zero-order chi connectivity index (χ0) is 25.6. The van der Waals surface area contributed by atoms with Gasteiger partial charge in [0.05, 0.1) is 12.3 Å². The number of rotatable bonds is 16. The molecule has 3 rings (SSSR count). The molecular weight excluding hydrogens is 445 g/mol. The maximum absolute atomic E-state index is 14.6. The zero-order valence-corrected chi connectivity index (χ0v) is 22.6. The smallest absolute Gasteiger partial charge is 0.165 e. The fourth-order valence-electron chi connectivity index (χ4n) is 4.46. The van der Waals surface area contributed by atoms with Crippen LogP contribution in [-0.4, -0.2) is 11.6 Å². The highest BCUT2D eigenvalue weighted by Gasteiger charge is 2.08. The van der Waals surface area contributed by atoms with Crippen molar-refractivity contribution in [3.05, 3.63) is 72.2 Å². The number of aryl methyl sites for hydroxylation is 1. The van der Waals surface area contributed by atoms with E-state index in [1.165, 1.54) is 56.9 Å². The quantitative estimate of drug-likeness (QED) is 0.187. The summed E-state index contributed by atoms with van der Waals surface area (Å²) in [5.41, 5.74) is 5.18. The second-order valence-electron chi connectivity index (χ2n) is 10.1. The number of halogens is 1. The average Bonchev–Trinajstić information content (AvgIpc) is 2.91. The van der Waals surface area contributed by atoms with Crippen LogP contribution in [0.4, 0.5) is 4.39 Å². The van der Waals surface area contributed by atoms with Crippen LogP contribution in [0.1, 0.15) is 90.5 Å². The number of ether oxygens (including phenoxy) is 1. The van der Waals surface area contributed by atoms with Crippen LogP contribution in [0, 0.1) is 11.7 Å². The lowest BCUT2D eigenvalue weighted by atomic mass is 10.0. The summed E-state index contributed by atoms with van der Waals surface area (Å²) < 4.78 is 20.3.